The average Bonchev–Trinajstić information content (AvgIpc) is 2.59. The Bertz CT molecular complexity index is 854. The third-order valence-corrected chi connectivity index (χ3v) is 5.73. The maximum absolute atomic E-state index is 14.1. The molecule has 0 aromatic heterocycles. The van der Waals surface area contributed by atoms with Crippen molar-refractivity contribution in [3.63, 3.8) is 0 Å². The first-order valence-corrected chi connectivity index (χ1v) is 9.16. The second kappa shape index (κ2) is 7.51. The lowest BCUT2D eigenvalue weighted by atomic mass is 9.95. The Morgan fingerprint density at radius 3 is 2.40 bits per heavy atom. The number of sulfonamides is 1. The van der Waals surface area contributed by atoms with Gasteiger partial charge in [0.2, 0.25) is 10.0 Å². The average molecular weight is 367 g/mol. The van der Waals surface area contributed by atoms with Gasteiger partial charge in [-0.1, -0.05) is 18.2 Å². The van der Waals surface area contributed by atoms with E-state index in [-0.39, 0.29) is 17.0 Å². The first-order chi connectivity index (χ1) is 11.7. The Labute approximate surface area is 147 Å². The summed E-state index contributed by atoms with van der Waals surface area (Å²) in [6.07, 6.45) is 0. The molecule has 0 amide bonds. The van der Waals surface area contributed by atoms with Crippen molar-refractivity contribution in [3.8, 4) is 5.75 Å². The van der Waals surface area contributed by atoms with Crippen molar-refractivity contribution in [1.82, 2.24) is 4.72 Å². The van der Waals surface area contributed by atoms with Crippen molar-refractivity contribution in [2.75, 3.05) is 20.8 Å². The van der Waals surface area contributed by atoms with E-state index in [1.165, 1.54) is 26.4 Å². The van der Waals surface area contributed by atoms with E-state index in [1.54, 1.807) is 44.2 Å². The maximum atomic E-state index is 14.1. The molecule has 0 heterocycles. The smallest absolute Gasteiger partial charge is 0.240 e. The zero-order valence-electron chi connectivity index (χ0n) is 14.7. The van der Waals surface area contributed by atoms with Gasteiger partial charge in [0.25, 0.3) is 0 Å². The molecule has 25 heavy (non-hydrogen) atoms. The molecule has 0 aliphatic heterocycles. The molecule has 1 atom stereocenters. The van der Waals surface area contributed by atoms with Crippen LogP contribution in [0.4, 0.5) is 4.39 Å². The zero-order chi connectivity index (χ0) is 18.7. The molecule has 2 aromatic rings. The molecule has 2 aromatic carbocycles. The fourth-order valence-corrected chi connectivity index (χ4v) is 3.88. The molecule has 0 saturated heterocycles. The minimum absolute atomic E-state index is 0.113. The molecule has 0 bridgehead atoms. The molecule has 0 saturated carbocycles. The van der Waals surface area contributed by atoms with Crippen LogP contribution in [0.15, 0.2) is 47.4 Å². The minimum Gasteiger partial charge on any atom is -0.497 e. The molecule has 7 heteroatoms. The van der Waals surface area contributed by atoms with E-state index in [0.29, 0.717) is 11.3 Å². The molecule has 0 spiro atoms. The molecule has 1 N–H and O–H groups in total. The molecular weight excluding hydrogens is 345 g/mol. The molecule has 0 radical (unpaired) electrons. The summed E-state index contributed by atoms with van der Waals surface area (Å²) >= 11 is 0. The summed E-state index contributed by atoms with van der Waals surface area (Å²) in [6.45, 7) is 3.20. The van der Waals surface area contributed by atoms with Gasteiger partial charge in [0, 0.05) is 19.2 Å². The van der Waals surface area contributed by atoms with Crippen LogP contribution in [-0.4, -0.2) is 29.2 Å². The van der Waals surface area contributed by atoms with E-state index in [2.05, 4.69) is 4.72 Å². The summed E-state index contributed by atoms with van der Waals surface area (Å²) in [5.74, 6) is 0.121. The molecule has 0 unspecified atom stereocenters. The van der Waals surface area contributed by atoms with Crippen molar-refractivity contribution in [2.45, 2.75) is 24.3 Å². The van der Waals surface area contributed by atoms with Gasteiger partial charge >= 0.3 is 0 Å². The molecule has 0 aliphatic carbocycles. The monoisotopic (exact) mass is 367 g/mol. The highest BCUT2D eigenvalue weighted by atomic mass is 32.2. The van der Waals surface area contributed by atoms with E-state index >= 15 is 0 Å². The summed E-state index contributed by atoms with van der Waals surface area (Å²) in [6, 6.07) is 10.8. The van der Waals surface area contributed by atoms with Crippen LogP contribution >= 0.6 is 0 Å². The zero-order valence-corrected chi connectivity index (χ0v) is 15.5. The van der Waals surface area contributed by atoms with Crippen LogP contribution in [0.5, 0.6) is 5.75 Å². The van der Waals surface area contributed by atoms with E-state index in [1.807, 2.05) is 0 Å². The summed E-state index contributed by atoms with van der Waals surface area (Å²) in [4.78, 5) is 0.139. The Hall–Kier alpha value is -1.96. The van der Waals surface area contributed by atoms with Gasteiger partial charge in [-0.25, -0.2) is 17.5 Å². The normalized spacial score (nSPS) is 14.1. The van der Waals surface area contributed by atoms with E-state index < -0.39 is 21.4 Å². The third-order valence-electron chi connectivity index (χ3n) is 4.17. The first kappa shape index (κ1) is 19.4. The Balaban J connectivity index is 2.27. The standard InChI is InChI=1S/C18H22FNO4S/c1-13-11-14(23-3)9-10-17(13)25(21,22)20-12-18(2,24-4)15-7-5-6-8-16(15)19/h5-11,20H,12H2,1-4H3/t18-/m1/s1. The van der Waals surface area contributed by atoms with Crippen molar-refractivity contribution in [2.24, 2.45) is 0 Å². The highest BCUT2D eigenvalue weighted by Crippen LogP contribution is 2.27. The topological polar surface area (TPSA) is 64.6 Å². The third kappa shape index (κ3) is 4.18. The number of hydrogen-bond acceptors (Lipinski definition) is 4. The van der Waals surface area contributed by atoms with Crippen LogP contribution in [0.1, 0.15) is 18.1 Å². The van der Waals surface area contributed by atoms with Gasteiger partial charge in [0.1, 0.15) is 17.2 Å². The lowest BCUT2D eigenvalue weighted by Gasteiger charge is -2.29. The predicted octanol–water partition coefficient (Wildman–Crippen LogP) is 2.98. The second-order valence-electron chi connectivity index (χ2n) is 5.87. The van der Waals surface area contributed by atoms with Gasteiger partial charge in [-0.2, -0.15) is 0 Å². The number of hydrogen-bond donors (Lipinski definition) is 1. The predicted molar refractivity (Wildman–Crippen MR) is 93.7 cm³/mol. The van der Waals surface area contributed by atoms with Crippen LogP contribution in [0.3, 0.4) is 0 Å². The van der Waals surface area contributed by atoms with E-state index in [9.17, 15) is 12.8 Å². The summed E-state index contributed by atoms with van der Waals surface area (Å²) < 4.78 is 52.4. The van der Waals surface area contributed by atoms with Crippen molar-refractivity contribution in [1.29, 1.82) is 0 Å². The van der Waals surface area contributed by atoms with E-state index in [0.717, 1.165) is 0 Å². The van der Waals surface area contributed by atoms with E-state index in [4.69, 9.17) is 9.47 Å². The quantitative estimate of drug-likeness (QED) is 0.817. The Morgan fingerprint density at radius 2 is 1.84 bits per heavy atom. The molecular formula is C18H22FNO4S. The largest absolute Gasteiger partial charge is 0.497 e. The van der Waals surface area contributed by atoms with Crippen LogP contribution in [0.25, 0.3) is 0 Å². The number of nitrogens with one attached hydrogen (secondary N) is 1. The fraction of sp³-hybridized carbons (Fsp3) is 0.333. The molecule has 0 fully saturated rings. The van der Waals surface area contributed by atoms with Crippen molar-refractivity contribution in [3.05, 3.63) is 59.4 Å². The number of benzene rings is 2. The fourth-order valence-electron chi connectivity index (χ4n) is 2.53. The first-order valence-electron chi connectivity index (χ1n) is 7.68. The Kier molecular flexibility index (Phi) is 5.82. The number of aryl methyl sites for hydroxylation is 1. The number of methoxy groups -OCH3 is 2. The molecule has 5 nitrogen and oxygen atoms in total. The van der Waals surface area contributed by atoms with Crippen LogP contribution in [0.2, 0.25) is 0 Å². The highest BCUT2D eigenvalue weighted by molar-refractivity contribution is 7.89. The number of rotatable bonds is 7. The van der Waals surface area contributed by atoms with Gasteiger partial charge in [-0.05, 0) is 43.7 Å². The van der Waals surface area contributed by atoms with Crippen LogP contribution < -0.4 is 9.46 Å². The summed E-state index contributed by atoms with van der Waals surface area (Å²) in [7, 11) is -0.859. The van der Waals surface area contributed by atoms with Crippen LogP contribution in [0, 0.1) is 12.7 Å². The second-order valence-corrected chi connectivity index (χ2v) is 7.61. The minimum atomic E-state index is -3.79. The van der Waals surface area contributed by atoms with Crippen molar-refractivity contribution >= 4 is 10.0 Å². The highest BCUT2D eigenvalue weighted by Gasteiger charge is 2.31. The van der Waals surface area contributed by atoms with Gasteiger partial charge in [0.05, 0.1) is 12.0 Å². The molecule has 2 rings (SSSR count). The van der Waals surface area contributed by atoms with Gasteiger partial charge in [-0.15, -0.1) is 0 Å². The van der Waals surface area contributed by atoms with Gasteiger partial charge in [-0.3, -0.25) is 0 Å². The van der Waals surface area contributed by atoms with Gasteiger partial charge < -0.3 is 9.47 Å². The maximum Gasteiger partial charge on any atom is 0.240 e. The molecule has 136 valence electrons. The molecule has 0 aliphatic rings. The number of halogens is 1. The number of ether oxygens (including phenoxy) is 2. The lowest BCUT2D eigenvalue weighted by molar-refractivity contribution is 0.00410. The summed E-state index contributed by atoms with van der Waals surface area (Å²) in [5, 5.41) is 0. The summed E-state index contributed by atoms with van der Waals surface area (Å²) in [5.41, 5.74) is -0.304. The van der Waals surface area contributed by atoms with Crippen molar-refractivity contribution < 1.29 is 22.3 Å². The Morgan fingerprint density at radius 1 is 1.16 bits per heavy atom. The van der Waals surface area contributed by atoms with Gasteiger partial charge in [0.15, 0.2) is 0 Å². The lowest BCUT2D eigenvalue weighted by Crippen LogP contribution is -2.40. The van der Waals surface area contributed by atoms with Crippen LogP contribution in [-0.2, 0) is 20.4 Å². The SMILES string of the molecule is COc1ccc(S(=O)(=O)NC[C@@](C)(OC)c2ccccc2F)c(C)c1.